The summed E-state index contributed by atoms with van der Waals surface area (Å²) in [5.74, 6) is 2.49. The van der Waals surface area contributed by atoms with Gasteiger partial charge in [0.1, 0.15) is 12.4 Å². The number of fused-ring (bicyclic) bond motifs is 1. The van der Waals surface area contributed by atoms with Crippen molar-refractivity contribution in [2.75, 3.05) is 14.2 Å². The van der Waals surface area contributed by atoms with E-state index in [1.165, 1.54) is 0 Å². The Balaban J connectivity index is 1.32. The van der Waals surface area contributed by atoms with Crippen LogP contribution in [0.25, 0.3) is 5.69 Å². The fourth-order valence-corrected chi connectivity index (χ4v) is 3.55. The first kappa shape index (κ1) is 20.4. The van der Waals surface area contributed by atoms with Gasteiger partial charge in [0.15, 0.2) is 11.8 Å². The molecule has 1 atom stereocenters. The van der Waals surface area contributed by atoms with Gasteiger partial charge in [0.05, 0.1) is 18.4 Å². The number of methoxy groups -OCH3 is 1. The number of aromatic nitrogens is 5. The van der Waals surface area contributed by atoms with Crippen molar-refractivity contribution in [3.05, 3.63) is 58.9 Å². The van der Waals surface area contributed by atoms with E-state index in [0.29, 0.717) is 18.2 Å². The summed E-state index contributed by atoms with van der Waals surface area (Å²) in [6, 6.07) is 7.81. The lowest BCUT2D eigenvalue weighted by Gasteiger charge is -2.25. The van der Waals surface area contributed by atoms with Gasteiger partial charge >= 0.3 is 0 Å². The Hall–Kier alpha value is -2.91. The number of benzene rings is 1. The van der Waals surface area contributed by atoms with Gasteiger partial charge < -0.3 is 15.4 Å². The molecule has 0 spiro atoms. The lowest BCUT2D eigenvalue weighted by Crippen LogP contribution is -2.46. The molecule has 0 fully saturated rings. The number of nitrogens with zero attached hydrogens (tertiary/aromatic N) is 6. The van der Waals surface area contributed by atoms with Gasteiger partial charge in [-0.1, -0.05) is 11.6 Å². The fraction of sp³-hybridized carbons (Fsp3) is 0.400. The van der Waals surface area contributed by atoms with E-state index >= 15 is 0 Å². The lowest BCUT2D eigenvalue weighted by molar-refractivity contribution is 0.177. The number of guanidine groups is 1. The highest BCUT2D eigenvalue weighted by Crippen LogP contribution is 2.14. The van der Waals surface area contributed by atoms with Crippen LogP contribution in [-0.4, -0.2) is 50.7 Å². The quantitative estimate of drug-likeness (QED) is 0.460. The number of aryl methyl sites for hydroxylation is 1. The van der Waals surface area contributed by atoms with Crippen molar-refractivity contribution in [1.29, 1.82) is 0 Å². The maximum absolute atomic E-state index is 5.95. The SMILES string of the molecule is CN=C(NCc1cnn(-c2ccc(Cl)cc2)c1)NC1CCc2nc(COC)nn2C1. The zero-order valence-corrected chi connectivity index (χ0v) is 17.8. The molecule has 1 aliphatic rings. The number of aliphatic imine (C=N–C) groups is 1. The Morgan fingerprint density at radius 1 is 1.33 bits per heavy atom. The van der Waals surface area contributed by atoms with E-state index in [1.54, 1.807) is 14.2 Å². The van der Waals surface area contributed by atoms with Crippen molar-refractivity contribution in [2.24, 2.45) is 4.99 Å². The molecule has 3 aromatic rings. The fourth-order valence-electron chi connectivity index (χ4n) is 3.43. The first-order valence-electron chi connectivity index (χ1n) is 9.83. The largest absolute Gasteiger partial charge is 0.377 e. The van der Waals surface area contributed by atoms with Crippen molar-refractivity contribution in [2.45, 2.75) is 38.6 Å². The molecular formula is C20H25ClN8O. The van der Waals surface area contributed by atoms with Crippen LogP contribution >= 0.6 is 11.6 Å². The van der Waals surface area contributed by atoms with E-state index in [1.807, 2.05) is 46.0 Å². The number of nitrogens with one attached hydrogen (secondary N) is 2. The summed E-state index contributed by atoms with van der Waals surface area (Å²) in [4.78, 5) is 8.87. The molecule has 158 valence electrons. The Labute approximate surface area is 180 Å². The minimum atomic E-state index is 0.234. The maximum atomic E-state index is 5.95. The van der Waals surface area contributed by atoms with E-state index in [4.69, 9.17) is 16.3 Å². The van der Waals surface area contributed by atoms with Crippen molar-refractivity contribution in [3.63, 3.8) is 0 Å². The molecular weight excluding hydrogens is 404 g/mol. The van der Waals surface area contributed by atoms with Crippen LogP contribution in [0.2, 0.25) is 5.02 Å². The highest BCUT2D eigenvalue weighted by molar-refractivity contribution is 6.30. The summed E-state index contributed by atoms with van der Waals surface area (Å²) in [6.45, 7) is 1.80. The third-order valence-electron chi connectivity index (χ3n) is 4.93. The number of rotatable bonds is 6. The van der Waals surface area contributed by atoms with Crippen LogP contribution in [0.1, 0.15) is 23.6 Å². The Morgan fingerprint density at radius 2 is 2.17 bits per heavy atom. The molecule has 0 saturated heterocycles. The third-order valence-corrected chi connectivity index (χ3v) is 5.18. The Kier molecular flexibility index (Phi) is 6.29. The van der Waals surface area contributed by atoms with Crippen LogP contribution in [0.5, 0.6) is 0 Å². The molecule has 3 heterocycles. The van der Waals surface area contributed by atoms with Gasteiger partial charge in [-0.25, -0.2) is 14.3 Å². The van der Waals surface area contributed by atoms with Gasteiger partial charge in [-0.05, 0) is 30.7 Å². The average molecular weight is 429 g/mol. The molecule has 0 bridgehead atoms. The van der Waals surface area contributed by atoms with Crippen LogP contribution < -0.4 is 10.6 Å². The van der Waals surface area contributed by atoms with E-state index in [2.05, 4.69) is 30.8 Å². The van der Waals surface area contributed by atoms with Crippen LogP contribution in [0, 0.1) is 0 Å². The molecule has 30 heavy (non-hydrogen) atoms. The standard InChI is InChI=1S/C20H25ClN8O/c1-22-20(25-16-5-8-19-26-18(13-30-2)27-29(19)12-16)23-9-14-10-24-28(11-14)17-6-3-15(21)4-7-17/h3-4,6-7,10-11,16H,5,8-9,12-13H2,1-2H3,(H2,22,23,25). The predicted octanol–water partition coefficient (Wildman–Crippen LogP) is 1.94. The predicted molar refractivity (Wildman–Crippen MR) is 115 cm³/mol. The van der Waals surface area contributed by atoms with Gasteiger partial charge in [-0.2, -0.15) is 10.2 Å². The summed E-state index contributed by atoms with van der Waals surface area (Å²) in [6.07, 6.45) is 5.68. The van der Waals surface area contributed by atoms with Gasteiger partial charge in [0.25, 0.3) is 0 Å². The van der Waals surface area contributed by atoms with Gasteiger partial charge in [-0.15, -0.1) is 0 Å². The highest BCUT2D eigenvalue weighted by Gasteiger charge is 2.22. The minimum absolute atomic E-state index is 0.234. The molecule has 0 radical (unpaired) electrons. The van der Waals surface area contributed by atoms with E-state index in [9.17, 15) is 0 Å². The van der Waals surface area contributed by atoms with Crippen molar-refractivity contribution in [1.82, 2.24) is 35.2 Å². The molecule has 0 amide bonds. The van der Waals surface area contributed by atoms with Crippen LogP contribution in [0.4, 0.5) is 0 Å². The zero-order chi connectivity index (χ0) is 20.9. The van der Waals surface area contributed by atoms with Crippen LogP contribution in [0.15, 0.2) is 41.7 Å². The summed E-state index contributed by atoms with van der Waals surface area (Å²) in [5, 5.41) is 16.5. The van der Waals surface area contributed by atoms with E-state index in [-0.39, 0.29) is 6.04 Å². The van der Waals surface area contributed by atoms with Crippen molar-refractivity contribution < 1.29 is 4.74 Å². The Bertz CT molecular complexity index is 1010. The molecule has 4 rings (SSSR count). The smallest absolute Gasteiger partial charge is 0.191 e. The number of halogens is 1. The first-order valence-corrected chi connectivity index (χ1v) is 10.2. The maximum Gasteiger partial charge on any atom is 0.191 e. The Morgan fingerprint density at radius 3 is 2.93 bits per heavy atom. The van der Waals surface area contributed by atoms with Gasteiger partial charge in [-0.3, -0.25) is 4.99 Å². The number of ether oxygens (including phenoxy) is 1. The van der Waals surface area contributed by atoms with Crippen LogP contribution in [0.3, 0.4) is 0 Å². The lowest BCUT2D eigenvalue weighted by atomic mass is 10.1. The molecule has 0 saturated carbocycles. The van der Waals surface area contributed by atoms with Gasteiger partial charge in [0, 0.05) is 49.9 Å². The third kappa shape index (κ3) is 4.80. The zero-order valence-electron chi connectivity index (χ0n) is 17.0. The molecule has 1 aliphatic heterocycles. The molecule has 9 nitrogen and oxygen atoms in total. The second kappa shape index (κ2) is 9.27. The first-order chi connectivity index (χ1) is 14.6. The molecule has 10 heteroatoms. The molecule has 1 aromatic carbocycles. The summed E-state index contributed by atoms with van der Waals surface area (Å²) in [7, 11) is 3.42. The topological polar surface area (TPSA) is 94.2 Å². The van der Waals surface area contributed by atoms with E-state index in [0.717, 1.165) is 48.2 Å². The average Bonchev–Trinajstić information content (AvgIpc) is 3.38. The molecule has 2 aromatic heterocycles. The summed E-state index contributed by atoms with van der Waals surface area (Å²) in [5.41, 5.74) is 2.02. The van der Waals surface area contributed by atoms with E-state index < -0.39 is 0 Å². The van der Waals surface area contributed by atoms with Gasteiger partial charge in [0.2, 0.25) is 0 Å². The molecule has 2 N–H and O–H groups in total. The second-order valence-corrected chi connectivity index (χ2v) is 7.57. The van der Waals surface area contributed by atoms with Crippen molar-refractivity contribution in [3.8, 4) is 5.69 Å². The monoisotopic (exact) mass is 428 g/mol. The normalized spacial score (nSPS) is 16.4. The summed E-state index contributed by atoms with van der Waals surface area (Å²) >= 11 is 5.95. The number of hydrogen-bond donors (Lipinski definition) is 2. The number of hydrogen-bond acceptors (Lipinski definition) is 5. The molecule has 0 aliphatic carbocycles. The van der Waals surface area contributed by atoms with Crippen LogP contribution in [-0.2, 0) is 30.9 Å². The van der Waals surface area contributed by atoms with Crippen molar-refractivity contribution >= 4 is 17.6 Å². The minimum Gasteiger partial charge on any atom is -0.377 e. The highest BCUT2D eigenvalue weighted by atomic mass is 35.5. The summed E-state index contributed by atoms with van der Waals surface area (Å²) < 4.78 is 8.91. The molecule has 1 unspecified atom stereocenters. The second-order valence-electron chi connectivity index (χ2n) is 7.13.